The fourth-order valence-electron chi connectivity index (χ4n) is 3.87. The number of fused-ring (bicyclic) bond motifs is 3. The first-order valence-corrected chi connectivity index (χ1v) is 10.1. The Morgan fingerprint density at radius 2 is 2.08 bits per heavy atom. The zero-order valence-corrected chi connectivity index (χ0v) is 15.3. The van der Waals surface area contributed by atoms with Crippen LogP contribution in [0, 0.1) is 11.8 Å². The summed E-state index contributed by atoms with van der Waals surface area (Å²) >= 11 is 0. The van der Waals surface area contributed by atoms with Crippen LogP contribution in [0.3, 0.4) is 0 Å². The van der Waals surface area contributed by atoms with Crippen molar-refractivity contribution in [1.29, 1.82) is 0 Å². The summed E-state index contributed by atoms with van der Waals surface area (Å²) in [4.78, 5) is 13.6. The van der Waals surface area contributed by atoms with Gasteiger partial charge < -0.3 is 5.32 Å². The van der Waals surface area contributed by atoms with Crippen LogP contribution in [0.15, 0.2) is 41.8 Å². The van der Waals surface area contributed by atoms with Gasteiger partial charge in [-0.05, 0) is 55.5 Å². The molecule has 3 aliphatic heterocycles. The van der Waals surface area contributed by atoms with Crippen molar-refractivity contribution in [3.63, 3.8) is 0 Å². The molecule has 0 spiro atoms. The summed E-state index contributed by atoms with van der Waals surface area (Å²) in [7, 11) is -3.55. The number of nitrogens with zero attached hydrogens (tertiary/aromatic N) is 1. The van der Waals surface area contributed by atoms with E-state index in [9.17, 15) is 13.2 Å². The third-order valence-electron chi connectivity index (χ3n) is 5.23. The van der Waals surface area contributed by atoms with E-state index in [0.717, 1.165) is 19.5 Å². The summed E-state index contributed by atoms with van der Waals surface area (Å²) in [5, 5.41) is 2.63. The van der Waals surface area contributed by atoms with Crippen molar-refractivity contribution in [3.05, 3.63) is 36.9 Å². The number of hydrogen-bond donors (Lipinski definition) is 2. The topological polar surface area (TPSA) is 78.5 Å². The van der Waals surface area contributed by atoms with E-state index in [1.54, 1.807) is 12.1 Å². The van der Waals surface area contributed by atoms with Crippen molar-refractivity contribution in [1.82, 2.24) is 9.62 Å². The minimum absolute atomic E-state index is 0.187. The van der Waals surface area contributed by atoms with Crippen molar-refractivity contribution < 1.29 is 13.2 Å². The first-order valence-electron chi connectivity index (χ1n) is 8.63. The second-order valence-corrected chi connectivity index (χ2v) is 8.66. The van der Waals surface area contributed by atoms with E-state index >= 15 is 0 Å². The molecule has 3 heterocycles. The lowest BCUT2D eigenvalue weighted by Crippen LogP contribution is -2.56. The summed E-state index contributed by atoms with van der Waals surface area (Å²) in [5.74, 6) is 0.963. The lowest BCUT2D eigenvalue weighted by Gasteiger charge is -2.49. The van der Waals surface area contributed by atoms with E-state index in [-0.39, 0.29) is 16.8 Å². The molecule has 1 unspecified atom stereocenters. The summed E-state index contributed by atoms with van der Waals surface area (Å²) in [6.07, 6.45) is 4.22. The molecule has 4 rings (SSSR count). The Hall–Kier alpha value is -1.70. The van der Waals surface area contributed by atoms with Gasteiger partial charge in [0.1, 0.15) is 0 Å². The van der Waals surface area contributed by atoms with Gasteiger partial charge in [-0.15, -0.1) is 6.58 Å². The van der Waals surface area contributed by atoms with Gasteiger partial charge in [-0.1, -0.05) is 6.08 Å². The van der Waals surface area contributed by atoms with Crippen LogP contribution in [0.2, 0.25) is 0 Å². The molecule has 3 saturated heterocycles. The van der Waals surface area contributed by atoms with Crippen LogP contribution in [0.25, 0.3) is 0 Å². The van der Waals surface area contributed by atoms with Gasteiger partial charge in [0.2, 0.25) is 15.9 Å². The molecule has 3 fully saturated rings. The highest BCUT2D eigenvalue weighted by Crippen LogP contribution is 2.36. The lowest BCUT2D eigenvalue weighted by atomic mass is 9.76. The number of carbonyl (C=O) groups excluding carboxylic acids is 1. The molecule has 2 N–H and O–H groups in total. The van der Waals surface area contributed by atoms with Gasteiger partial charge in [0, 0.05) is 31.7 Å². The smallest absolute Gasteiger partial charge is 0.240 e. The molecule has 1 amide bonds. The average molecular weight is 363 g/mol. The second kappa shape index (κ2) is 7.27. The molecule has 0 aliphatic carbocycles. The van der Waals surface area contributed by atoms with Gasteiger partial charge in [-0.2, -0.15) is 0 Å². The minimum Gasteiger partial charge on any atom is -0.326 e. The van der Waals surface area contributed by atoms with E-state index in [1.807, 2.05) is 6.08 Å². The summed E-state index contributed by atoms with van der Waals surface area (Å²) in [5.41, 5.74) is 0.581. The third-order valence-corrected chi connectivity index (χ3v) is 6.67. The molecule has 0 saturated carbocycles. The molecule has 25 heavy (non-hydrogen) atoms. The number of benzene rings is 1. The Morgan fingerprint density at radius 1 is 1.36 bits per heavy atom. The maximum atomic E-state index is 12.5. The van der Waals surface area contributed by atoms with Crippen molar-refractivity contribution in [2.75, 3.05) is 25.0 Å². The molecule has 1 aromatic carbocycles. The standard InChI is InChI=1S/C18H25N3O3S/c1-3-14-12-21-9-8-15(14)10-17(21)11-19-25(23,24)18-6-4-16(5-7-18)20-13(2)22/h3-7,14-15,17,19H,1,8-12H2,2H3,(H,20,22)/t14-,15-,17+/m0/s1. The van der Waals surface area contributed by atoms with Gasteiger partial charge in [0.15, 0.2) is 0 Å². The largest absolute Gasteiger partial charge is 0.326 e. The van der Waals surface area contributed by atoms with E-state index in [4.69, 9.17) is 0 Å². The van der Waals surface area contributed by atoms with Crippen molar-refractivity contribution >= 4 is 21.6 Å². The summed E-state index contributed by atoms with van der Waals surface area (Å²) in [6, 6.07) is 6.46. The van der Waals surface area contributed by atoms with Crippen LogP contribution in [0.1, 0.15) is 19.8 Å². The molecule has 0 aromatic heterocycles. The summed E-state index contributed by atoms with van der Waals surface area (Å²) < 4.78 is 27.7. The quantitative estimate of drug-likeness (QED) is 0.756. The van der Waals surface area contributed by atoms with E-state index in [1.165, 1.54) is 25.5 Å². The molecular formula is C18H25N3O3S. The van der Waals surface area contributed by atoms with Gasteiger partial charge in [-0.25, -0.2) is 13.1 Å². The van der Waals surface area contributed by atoms with Crippen molar-refractivity contribution in [3.8, 4) is 0 Å². The fourth-order valence-corrected chi connectivity index (χ4v) is 4.94. The van der Waals surface area contributed by atoms with Crippen LogP contribution in [-0.4, -0.2) is 44.9 Å². The Balaban J connectivity index is 1.61. The maximum Gasteiger partial charge on any atom is 0.240 e. The lowest BCUT2D eigenvalue weighted by molar-refractivity contribution is -0.114. The van der Waals surface area contributed by atoms with E-state index in [2.05, 4.69) is 21.5 Å². The number of carbonyl (C=O) groups is 1. The predicted molar refractivity (Wildman–Crippen MR) is 97.7 cm³/mol. The molecule has 3 aliphatic rings. The molecule has 1 aromatic rings. The van der Waals surface area contributed by atoms with Crippen LogP contribution in [0.4, 0.5) is 5.69 Å². The maximum absolute atomic E-state index is 12.5. The Kier molecular flexibility index (Phi) is 5.27. The molecule has 0 radical (unpaired) electrons. The van der Waals surface area contributed by atoms with Crippen LogP contribution in [-0.2, 0) is 14.8 Å². The van der Waals surface area contributed by atoms with Gasteiger partial charge in [0.05, 0.1) is 4.90 Å². The molecule has 2 bridgehead atoms. The number of anilines is 1. The number of hydrogen-bond acceptors (Lipinski definition) is 4. The van der Waals surface area contributed by atoms with Crippen LogP contribution >= 0.6 is 0 Å². The van der Waals surface area contributed by atoms with Crippen molar-refractivity contribution in [2.45, 2.75) is 30.7 Å². The minimum atomic E-state index is -3.55. The SMILES string of the molecule is C=C[C@H]1CN2CC[C@H]1C[C@@H]2CNS(=O)(=O)c1ccc(NC(C)=O)cc1. The fraction of sp³-hybridized carbons (Fsp3) is 0.500. The van der Waals surface area contributed by atoms with Gasteiger partial charge >= 0.3 is 0 Å². The zero-order chi connectivity index (χ0) is 18.0. The monoisotopic (exact) mass is 363 g/mol. The number of rotatable bonds is 6. The number of sulfonamides is 1. The zero-order valence-electron chi connectivity index (χ0n) is 14.4. The second-order valence-electron chi connectivity index (χ2n) is 6.89. The number of nitrogens with one attached hydrogen (secondary N) is 2. The molecular weight excluding hydrogens is 338 g/mol. The average Bonchev–Trinajstić information content (AvgIpc) is 2.60. The van der Waals surface area contributed by atoms with Crippen LogP contribution < -0.4 is 10.0 Å². The Morgan fingerprint density at radius 3 is 2.64 bits per heavy atom. The predicted octanol–water partition coefficient (Wildman–Crippen LogP) is 1.82. The third kappa shape index (κ3) is 4.11. The van der Waals surface area contributed by atoms with E-state index < -0.39 is 10.0 Å². The number of piperidine rings is 3. The number of amides is 1. The van der Waals surface area contributed by atoms with E-state index in [0.29, 0.717) is 24.1 Å². The van der Waals surface area contributed by atoms with Crippen LogP contribution in [0.5, 0.6) is 0 Å². The Bertz CT molecular complexity index is 745. The molecule has 6 nitrogen and oxygen atoms in total. The highest BCUT2D eigenvalue weighted by atomic mass is 32.2. The highest BCUT2D eigenvalue weighted by Gasteiger charge is 2.38. The highest BCUT2D eigenvalue weighted by molar-refractivity contribution is 7.89. The first-order chi connectivity index (χ1) is 11.9. The Labute approximate surface area is 149 Å². The first kappa shape index (κ1) is 18.1. The molecule has 7 heteroatoms. The van der Waals surface area contributed by atoms with Gasteiger partial charge in [-0.3, -0.25) is 9.69 Å². The van der Waals surface area contributed by atoms with Gasteiger partial charge in [0.25, 0.3) is 0 Å². The molecule has 136 valence electrons. The summed E-state index contributed by atoms with van der Waals surface area (Å²) in [6.45, 7) is 7.77. The van der Waals surface area contributed by atoms with Crippen molar-refractivity contribution in [2.24, 2.45) is 11.8 Å². The normalized spacial score (nSPS) is 28.5. The molecule has 4 atom stereocenters.